The summed E-state index contributed by atoms with van der Waals surface area (Å²) in [5, 5.41) is 17.1. The molecule has 6 rings (SSSR count). The lowest BCUT2D eigenvalue weighted by Gasteiger charge is -2.06. The summed E-state index contributed by atoms with van der Waals surface area (Å²) in [6, 6.07) is 13.3. The lowest BCUT2D eigenvalue weighted by molar-refractivity contribution is 0.0946. The van der Waals surface area contributed by atoms with E-state index in [1.54, 1.807) is 6.20 Å². The number of nitrogens with zero attached hydrogens (tertiary/aromatic N) is 6. The summed E-state index contributed by atoms with van der Waals surface area (Å²) in [5.41, 5.74) is 1.81. The van der Waals surface area contributed by atoms with Gasteiger partial charge < -0.3 is 9.84 Å². The van der Waals surface area contributed by atoms with Gasteiger partial charge in [-0.15, -0.1) is 10.2 Å². The normalized spacial score (nSPS) is 13.7. The number of fused-ring (bicyclic) bond motifs is 2. The summed E-state index contributed by atoms with van der Waals surface area (Å²) in [6.45, 7) is 0.219. The summed E-state index contributed by atoms with van der Waals surface area (Å²) in [6.07, 6.45) is 5.71. The van der Waals surface area contributed by atoms with E-state index in [0.717, 1.165) is 35.0 Å². The van der Waals surface area contributed by atoms with Gasteiger partial charge in [0.1, 0.15) is 5.69 Å². The van der Waals surface area contributed by atoms with Gasteiger partial charge in [-0.05, 0) is 36.4 Å². The van der Waals surface area contributed by atoms with Crippen molar-refractivity contribution in [3.63, 3.8) is 0 Å². The zero-order chi connectivity index (χ0) is 20.8. The molecule has 0 spiro atoms. The van der Waals surface area contributed by atoms with Crippen molar-refractivity contribution in [2.24, 2.45) is 0 Å². The molecule has 1 N–H and O–H groups in total. The number of benzene rings is 1. The van der Waals surface area contributed by atoms with Crippen LogP contribution >= 0.6 is 0 Å². The van der Waals surface area contributed by atoms with Gasteiger partial charge in [-0.3, -0.25) is 14.2 Å². The fourth-order valence-corrected chi connectivity index (χ4v) is 3.60. The van der Waals surface area contributed by atoms with E-state index in [-0.39, 0.29) is 12.5 Å². The number of carbonyl (C=O) groups excluding carboxylic acids is 1. The minimum absolute atomic E-state index is 0.219. The molecule has 9 nitrogen and oxygen atoms in total. The number of rotatable bonds is 5. The third-order valence-electron chi connectivity index (χ3n) is 5.41. The number of amides is 1. The molecule has 5 aromatic rings. The van der Waals surface area contributed by atoms with Crippen LogP contribution in [0, 0.1) is 0 Å². The number of hydrogen-bond acceptors (Lipinski definition) is 7. The van der Waals surface area contributed by atoms with Crippen LogP contribution in [0.15, 0.2) is 59.4 Å². The molecular weight excluding hydrogens is 394 g/mol. The Labute approximate surface area is 176 Å². The fraction of sp³-hybridized carbons (Fsp3) is 0.182. The fourth-order valence-electron chi connectivity index (χ4n) is 3.60. The SMILES string of the molecule is O=C(NCc1nnc2cc(-c3nc(C4CC4)no3)ccn12)c1nccc2ccccc12. The van der Waals surface area contributed by atoms with Crippen LogP contribution in [-0.4, -0.2) is 35.6 Å². The quantitative estimate of drug-likeness (QED) is 0.473. The van der Waals surface area contributed by atoms with Crippen LogP contribution < -0.4 is 5.32 Å². The molecular formula is C22H17N7O2. The topological polar surface area (TPSA) is 111 Å². The average molecular weight is 411 g/mol. The largest absolute Gasteiger partial charge is 0.343 e. The first-order valence-corrected chi connectivity index (χ1v) is 10.1. The smallest absolute Gasteiger partial charge is 0.270 e. The van der Waals surface area contributed by atoms with Crippen molar-refractivity contribution < 1.29 is 9.32 Å². The third-order valence-corrected chi connectivity index (χ3v) is 5.41. The molecule has 1 saturated carbocycles. The van der Waals surface area contributed by atoms with E-state index < -0.39 is 0 Å². The average Bonchev–Trinajstić information content (AvgIpc) is 3.40. The molecule has 31 heavy (non-hydrogen) atoms. The second kappa shape index (κ2) is 6.98. The zero-order valence-corrected chi connectivity index (χ0v) is 16.4. The molecule has 9 heteroatoms. The van der Waals surface area contributed by atoms with Crippen molar-refractivity contribution >= 4 is 22.3 Å². The molecule has 1 aromatic carbocycles. The monoisotopic (exact) mass is 411 g/mol. The van der Waals surface area contributed by atoms with Gasteiger partial charge in [0.25, 0.3) is 11.8 Å². The Hall–Kier alpha value is -4.14. The minimum Gasteiger partial charge on any atom is -0.343 e. The second-order valence-electron chi connectivity index (χ2n) is 7.56. The highest BCUT2D eigenvalue weighted by Crippen LogP contribution is 2.38. The highest BCUT2D eigenvalue weighted by molar-refractivity contribution is 6.05. The van der Waals surface area contributed by atoms with Gasteiger partial charge in [-0.1, -0.05) is 29.4 Å². The maximum Gasteiger partial charge on any atom is 0.270 e. The maximum atomic E-state index is 12.7. The standard InChI is InChI=1S/C22H17N7O2/c30-21(19-16-4-2-1-3-13(16)7-9-23-19)24-12-18-27-26-17-11-15(8-10-29(17)18)22-25-20(28-31-22)14-5-6-14/h1-4,7-11,14H,5-6,12H2,(H,24,30). The lowest BCUT2D eigenvalue weighted by Crippen LogP contribution is -2.25. The molecule has 1 amide bonds. The van der Waals surface area contributed by atoms with E-state index in [2.05, 4.69) is 30.6 Å². The van der Waals surface area contributed by atoms with Crippen molar-refractivity contribution in [3.8, 4) is 11.5 Å². The summed E-state index contributed by atoms with van der Waals surface area (Å²) in [7, 11) is 0. The van der Waals surface area contributed by atoms with E-state index >= 15 is 0 Å². The molecule has 152 valence electrons. The molecule has 1 aliphatic carbocycles. The Balaban J connectivity index is 1.23. The lowest BCUT2D eigenvalue weighted by atomic mass is 10.1. The first kappa shape index (κ1) is 17.7. The molecule has 1 aliphatic rings. The molecule has 0 unspecified atom stereocenters. The molecule has 4 heterocycles. The van der Waals surface area contributed by atoms with Crippen molar-refractivity contribution in [1.29, 1.82) is 0 Å². The van der Waals surface area contributed by atoms with E-state index in [1.165, 1.54) is 0 Å². The summed E-state index contributed by atoms with van der Waals surface area (Å²) >= 11 is 0. The Morgan fingerprint density at radius 3 is 2.97 bits per heavy atom. The Bertz CT molecular complexity index is 1430. The number of aromatic nitrogens is 6. The van der Waals surface area contributed by atoms with Gasteiger partial charge in [0.05, 0.1) is 6.54 Å². The predicted molar refractivity (Wildman–Crippen MR) is 111 cm³/mol. The summed E-state index contributed by atoms with van der Waals surface area (Å²) in [5.74, 6) is 2.02. The van der Waals surface area contributed by atoms with Gasteiger partial charge in [-0.2, -0.15) is 4.98 Å². The molecule has 1 fully saturated rings. The van der Waals surface area contributed by atoms with Crippen LogP contribution in [0.4, 0.5) is 0 Å². The van der Waals surface area contributed by atoms with Crippen LogP contribution in [0.25, 0.3) is 27.9 Å². The van der Waals surface area contributed by atoms with Gasteiger partial charge in [0.2, 0.25) is 0 Å². The van der Waals surface area contributed by atoms with Crippen molar-refractivity contribution in [2.75, 3.05) is 0 Å². The summed E-state index contributed by atoms with van der Waals surface area (Å²) < 4.78 is 7.21. The minimum atomic E-state index is -0.261. The molecule has 0 radical (unpaired) electrons. The third kappa shape index (κ3) is 3.20. The number of nitrogens with one attached hydrogen (secondary N) is 1. The van der Waals surface area contributed by atoms with Gasteiger partial charge in [-0.25, -0.2) is 0 Å². The highest BCUT2D eigenvalue weighted by atomic mass is 16.5. The molecule has 0 aliphatic heterocycles. The number of carbonyl (C=O) groups is 1. The highest BCUT2D eigenvalue weighted by Gasteiger charge is 2.29. The van der Waals surface area contributed by atoms with Gasteiger partial charge in [0, 0.05) is 29.3 Å². The second-order valence-corrected chi connectivity index (χ2v) is 7.56. The molecule has 0 bridgehead atoms. The van der Waals surface area contributed by atoms with E-state index in [0.29, 0.717) is 29.0 Å². The van der Waals surface area contributed by atoms with E-state index in [9.17, 15) is 4.79 Å². The van der Waals surface area contributed by atoms with E-state index in [1.807, 2.05) is 53.1 Å². The molecule has 0 atom stereocenters. The van der Waals surface area contributed by atoms with Crippen LogP contribution in [0.2, 0.25) is 0 Å². The summed E-state index contributed by atoms with van der Waals surface area (Å²) in [4.78, 5) is 21.5. The Morgan fingerprint density at radius 2 is 2.06 bits per heavy atom. The van der Waals surface area contributed by atoms with E-state index in [4.69, 9.17) is 4.52 Å². The first-order valence-electron chi connectivity index (χ1n) is 10.1. The zero-order valence-electron chi connectivity index (χ0n) is 16.4. The van der Waals surface area contributed by atoms with Crippen LogP contribution in [-0.2, 0) is 6.54 Å². The van der Waals surface area contributed by atoms with Crippen molar-refractivity contribution in [2.45, 2.75) is 25.3 Å². The Kier molecular flexibility index (Phi) is 3.98. The van der Waals surface area contributed by atoms with Crippen LogP contribution in [0.3, 0.4) is 0 Å². The number of hydrogen-bond donors (Lipinski definition) is 1. The van der Waals surface area contributed by atoms with Gasteiger partial charge >= 0.3 is 0 Å². The Morgan fingerprint density at radius 1 is 1.16 bits per heavy atom. The maximum absolute atomic E-state index is 12.7. The molecule has 0 saturated heterocycles. The van der Waals surface area contributed by atoms with Crippen LogP contribution in [0.5, 0.6) is 0 Å². The number of pyridine rings is 2. The van der Waals surface area contributed by atoms with Gasteiger partial charge in [0.15, 0.2) is 17.3 Å². The van der Waals surface area contributed by atoms with Crippen LogP contribution in [0.1, 0.15) is 40.9 Å². The van der Waals surface area contributed by atoms with Crippen molar-refractivity contribution in [3.05, 3.63) is 72.2 Å². The molecule has 4 aromatic heterocycles. The van der Waals surface area contributed by atoms with Crippen molar-refractivity contribution in [1.82, 2.24) is 35.0 Å². The first-order chi connectivity index (χ1) is 15.3. The predicted octanol–water partition coefficient (Wildman–Crippen LogP) is 3.13.